The second kappa shape index (κ2) is 6.87. The van der Waals surface area contributed by atoms with Crippen LogP contribution in [0.25, 0.3) is 0 Å². The molecule has 1 aromatic rings. The normalized spacial score (nSPS) is 9.67. The smallest absolute Gasteiger partial charge is 0.310 e. The van der Waals surface area contributed by atoms with Gasteiger partial charge in [-0.3, -0.25) is 4.79 Å². The van der Waals surface area contributed by atoms with Crippen LogP contribution in [0, 0.1) is 11.3 Å². The van der Waals surface area contributed by atoms with Crippen molar-refractivity contribution in [2.75, 3.05) is 13.7 Å². The van der Waals surface area contributed by atoms with Crippen LogP contribution in [0.15, 0.2) is 12.1 Å². The molecule has 0 aliphatic carbocycles. The number of esters is 1. The summed E-state index contributed by atoms with van der Waals surface area (Å²) in [4.78, 5) is 11.5. The number of carbonyl (C=O) groups excluding carboxylic acids is 1. The maximum absolute atomic E-state index is 11.5. The lowest BCUT2D eigenvalue weighted by Crippen LogP contribution is -2.10. The number of alkyl halides is 1. The minimum Gasteiger partial charge on any atom is -0.496 e. The molecule has 0 bridgehead atoms. The van der Waals surface area contributed by atoms with E-state index in [0.29, 0.717) is 29.0 Å². The fourth-order valence-electron chi connectivity index (χ4n) is 1.63. The van der Waals surface area contributed by atoms with Gasteiger partial charge in [0.25, 0.3) is 0 Å². The molecular formula is C13H14ClNO3. The van der Waals surface area contributed by atoms with Gasteiger partial charge in [-0.1, -0.05) is 0 Å². The monoisotopic (exact) mass is 267 g/mol. The zero-order valence-electron chi connectivity index (χ0n) is 10.3. The van der Waals surface area contributed by atoms with E-state index in [9.17, 15) is 4.79 Å². The fraction of sp³-hybridized carbons (Fsp3) is 0.385. The highest BCUT2D eigenvalue weighted by Crippen LogP contribution is 2.27. The number of hydrogen-bond donors (Lipinski definition) is 0. The van der Waals surface area contributed by atoms with Crippen LogP contribution < -0.4 is 4.74 Å². The first kappa shape index (κ1) is 14.3. The molecule has 0 unspecified atom stereocenters. The average molecular weight is 268 g/mol. The van der Waals surface area contributed by atoms with Gasteiger partial charge < -0.3 is 9.47 Å². The van der Waals surface area contributed by atoms with Crippen LogP contribution in [0.5, 0.6) is 5.75 Å². The van der Waals surface area contributed by atoms with Crippen LogP contribution in [0.2, 0.25) is 0 Å². The summed E-state index contributed by atoms with van der Waals surface area (Å²) in [6.07, 6.45) is 0.0851. The van der Waals surface area contributed by atoms with Gasteiger partial charge in [0.1, 0.15) is 5.75 Å². The third-order valence-electron chi connectivity index (χ3n) is 2.42. The summed E-state index contributed by atoms with van der Waals surface area (Å²) >= 11 is 5.86. The van der Waals surface area contributed by atoms with Gasteiger partial charge in [-0.05, 0) is 24.6 Å². The zero-order valence-corrected chi connectivity index (χ0v) is 11.1. The van der Waals surface area contributed by atoms with Crippen LogP contribution in [0.3, 0.4) is 0 Å². The van der Waals surface area contributed by atoms with Crippen molar-refractivity contribution in [1.29, 1.82) is 5.26 Å². The van der Waals surface area contributed by atoms with E-state index in [2.05, 4.69) is 0 Å². The molecule has 0 aliphatic rings. The summed E-state index contributed by atoms with van der Waals surface area (Å²) < 4.78 is 10.1. The first-order chi connectivity index (χ1) is 8.65. The Labute approximate surface area is 111 Å². The summed E-state index contributed by atoms with van der Waals surface area (Å²) in [6.45, 7) is 2.07. The number of benzene rings is 1. The van der Waals surface area contributed by atoms with Gasteiger partial charge in [0.2, 0.25) is 0 Å². The molecule has 0 fully saturated rings. The summed E-state index contributed by atoms with van der Waals surface area (Å²) in [7, 11) is 1.50. The van der Waals surface area contributed by atoms with Crippen molar-refractivity contribution in [1.82, 2.24) is 0 Å². The molecule has 0 heterocycles. The molecule has 0 atom stereocenters. The first-order valence-electron chi connectivity index (χ1n) is 5.47. The van der Waals surface area contributed by atoms with Gasteiger partial charge in [-0.15, -0.1) is 11.6 Å². The first-order valence-corrected chi connectivity index (χ1v) is 6.01. The number of rotatable bonds is 5. The lowest BCUT2D eigenvalue weighted by molar-refractivity contribution is -0.142. The quantitative estimate of drug-likeness (QED) is 0.607. The minimum atomic E-state index is -0.346. The van der Waals surface area contributed by atoms with Crippen LogP contribution in [-0.4, -0.2) is 19.7 Å². The van der Waals surface area contributed by atoms with Gasteiger partial charge in [0.05, 0.1) is 37.7 Å². The maximum Gasteiger partial charge on any atom is 0.310 e. The predicted molar refractivity (Wildman–Crippen MR) is 67.6 cm³/mol. The highest BCUT2D eigenvalue weighted by atomic mass is 35.5. The zero-order chi connectivity index (χ0) is 13.5. The standard InChI is InChI=1S/C13H14ClNO3/c1-3-18-13(16)6-10-4-9(8-15)5-12(17-2)11(10)7-14/h4-5H,3,6-7H2,1-2H3. The molecular weight excluding hydrogens is 254 g/mol. The third kappa shape index (κ3) is 3.38. The molecule has 0 saturated carbocycles. The number of hydrogen-bond acceptors (Lipinski definition) is 4. The van der Waals surface area contributed by atoms with E-state index in [-0.39, 0.29) is 18.3 Å². The molecule has 0 aromatic heterocycles. The van der Waals surface area contributed by atoms with E-state index >= 15 is 0 Å². The van der Waals surface area contributed by atoms with E-state index < -0.39 is 0 Å². The van der Waals surface area contributed by atoms with Crippen molar-refractivity contribution in [2.45, 2.75) is 19.2 Å². The summed E-state index contributed by atoms with van der Waals surface area (Å²) in [5.41, 5.74) is 1.81. The molecule has 96 valence electrons. The lowest BCUT2D eigenvalue weighted by atomic mass is 10.0. The van der Waals surface area contributed by atoms with E-state index in [1.807, 2.05) is 6.07 Å². The molecule has 0 amide bonds. The molecule has 0 saturated heterocycles. The minimum absolute atomic E-state index is 0.0851. The second-order valence-electron chi connectivity index (χ2n) is 3.54. The Bertz CT molecular complexity index is 480. The fourth-order valence-corrected chi connectivity index (χ4v) is 1.93. The highest BCUT2D eigenvalue weighted by molar-refractivity contribution is 6.17. The third-order valence-corrected chi connectivity index (χ3v) is 2.69. The Hall–Kier alpha value is -1.73. The van der Waals surface area contributed by atoms with E-state index in [0.717, 1.165) is 0 Å². The molecule has 0 N–H and O–H groups in total. The molecule has 0 radical (unpaired) electrons. The van der Waals surface area contributed by atoms with Gasteiger partial charge in [0, 0.05) is 5.56 Å². The maximum atomic E-state index is 11.5. The Morgan fingerprint density at radius 2 is 2.22 bits per heavy atom. The van der Waals surface area contributed by atoms with Crippen LogP contribution in [0.4, 0.5) is 0 Å². The van der Waals surface area contributed by atoms with Crippen molar-refractivity contribution < 1.29 is 14.3 Å². The lowest BCUT2D eigenvalue weighted by Gasteiger charge is -2.12. The molecule has 5 heteroatoms. The summed E-state index contributed by atoms with van der Waals surface area (Å²) in [6, 6.07) is 5.26. The summed E-state index contributed by atoms with van der Waals surface area (Å²) in [5.74, 6) is 0.383. The molecule has 1 aromatic carbocycles. The Morgan fingerprint density at radius 3 is 2.72 bits per heavy atom. The van der Waals surface area contributed by atoms with Gasteiger partial charge in [-0.2, -0.15) is 5.26 Å². The van der Waals surface area contributed by atoms with E-state index in [1.54, 1.807) is 19.1 Å². The average Bonchev–Trinajstić information content (AvgIpc) is 2.37. The molecule has 0 spiro atoms. The van der Waals surface area contributed by atoms with Gasteiger partial charge >= 0.3 is 5.97 Å². The van der Waals surface area contributed by atoms with Crippen LogP contribution >= 0.6 is 11.6 Å². The van der Waals surface area contributed by atoms with Crippen molar-refractivity contribution in [3.8, 4) is 11.8 Å². The van der Waals surface area contributed by atoms with Crippen molar-refractivity contribution >= 4 is 17.6 Å². The number of halogens is 1. The highest BCUT2D eigenvalue weighted by Gasteiger charge is 2.14. The van der Waals surface area contributed by atoms with Gasteiger partial charge in [0.15, 0.2) is 0 Å². The Kier molecular flexibility index (Phi) is 5.47. The number of carbonyl (C=O) groups is 1. The van der Waals surface area contributed by atoms with Gasteiger partial charge in [-0.25, -0.2) is 0 Å². The van der Waals surface area contributed by atoms with E-state index in [1.165, 1.54) is 7.11 Å². The number of ether oxygens (including phenoxy) is 2. The van der Waals surface area contributed by atoms with E-state index in [4.69, 9.17) is 26.3 Å². The predicted octanol–water partition coefficient (Wildman–Crippen LogP) is 2.41. The molecule has 0 aliphatic heterocycles. The number of nitrogens with zero attached hydrogens (tertiary/aromatic N) is 1. The molecule has 18 heavy (non-hydrogen) atoms. The SMILES string of the molecule is CCOC(=O)Cc1cc(C#N)cc(OC)c1CCl. The second-order valence-corrected chi connectivity index (χ2v) is 3.81. The number of nitriles is 1. The van der Waals surface area contributed by atoms with Crippen molar-refractivity contribution in [3.05, 3.63) is 28.8 Å². The molecule has 4 nitrogen and oxygen atoms in total. The van der Waals surface area contributed by atoms with Crippen LogP contribution in [-0.2, 0) is 21.8 Å². The molecule has 1 rings (SSSR count). The number of methoxy groups -OCH3 is 1. The summed E-state index contributed by atoms with van der Waals surface area (Å²) in [5, 5.41) is 8.93. The van der Waals surface area contributed by atoms with Crippen molar-refractivity contribution in [2.24, 2.45) is 0 Å². The Morgan fingerprint density at radius 1 is 1.50 bits per heavy atom. The van der Waals surface area contributed by atoms with Crippen LogP contribution in [0.1, 0.15) is 23.6 Å². The Balaban J connectivity index is 3.15. The topological polar surface area (TPSA) is 59.3 Å². The largest absolute Gasteiger partial charge is 0.496 e. The van der Waals surface area contributed by atoms with Crippen molar-refractivity contribution in [3.63, 3.8) is 0 Å².